The number of benzene rings is 2. The summed E-state index contributed by atoms with van der Waals surface area (Å²) >= 11 is 0. The molecule has 2 aromatic rings. The molecule has 0 saturated heterocycles. The van der Waals surface area contributed by atoms with Gasteiger partial charge in [-0.3, -0.25) is 4.79 Å². The number of rotatable bonds is 9. The molecule has 0 aliphatic heterocycles. The van der Waals surface area contributed by atoms with Crippen LogP contribution in [-0.2, 0) is 15.7 Å². The summed E-state index contributed by atoms with van der Waals surface area (Å²) in [7, 11) is 0. The largest absolute Gasteiger partial charge is 0.493 e. The van der Waals surface area contributed by atoms with E-state index in [4.69, 9.17) is 15.2 Å². The van der Waals surface area contributed by atoms with Crippen LogP contribution < -0.4 is 10.5 Å². The van der Waals surface area contributed by atoms with Crippen LogP contribution in [0.2, 0.25) is 0 Å². The van der Waals surface area contributed by atoms with Crippen LogP contribution in [0, 0.1) is 18.6 Å². The van der Waals surface area contributed by atoms with E-state index in [-0.39, 0.29) is 35.7 Å². The third kappa shape index (κ3) is 6.06. The van der Waals surface area contributed by atoms with E-state index in [1.807, 2.05) is 0 Å². The van der Waals surface area contributed by atoms with Crippen molar-refractivity contribution in [3.63, 3.8) is 0 Å². The summed E-state index contributed by atoms with van der Waals surface area (Å²) in [5.41, 5.74) is 4.18. The minimum absolute atomic E-state index is 0.00556. The molecule has 9 heteroatoms. The van der Waals surface area contributed by atoms with Crippen LogP contribution in [0.25, 0.3) is 11.1 Å². The molecule has 0 aliphatic rings. The fourth-order valence-corrected chi connectivity index (χ4v) is 3.23. The van der Waals surface area contributed by atoms with Gasteiger partial charge in [-0.15, -0.1) is 6.58 Å². The van der Waals surface area contributed by atoms with Gasteiger partial charge in [-0.05, 0) is 49.6 Å². The Balaban J connectivity index is 2.69. The molecule has 0 bridgehead atoms. The van der Waals surface area contributed by atoms with Gasteiger partial charge in [-0.25, -0.2) is 8.78 Å². The van der Waals surface area contributed by atoms with Gasteiger partial charge in [0.05, 0.1) is 25.2 Å². The van der Waals surface area contributed by atoms with Gasteiger partial charge in [0.25, 0.3) is 0 Å². The quantitative estimate of drug-likeness (QED) is 0.222. The molecule has 0 saturated carbocycles. The van der Waals surface area contributed by atoms with E-state index in [2.05, 4.69) is 6.58 Å². The summed E-state index contributed by atoms with van der Waals surface area (Å²) in [5, 5.41) is 0. The molecule has 2 N–H and O–H groups in total. The first kappa shape index (κ1) is 25.3. The molecular formula is C23H24F5NO3. The fraction of sp³-hybridized carbons (Fsp3) is 0.348. The zero-order valence-corrected chi connectivity index (χ0v) is 17.7. The molecule has 174 valence electrons. The van der Waals surface area contributed by atoms with Crippen molar-refractivity contribution in [2.75, 3.05) is 13.2 Å². The van der Waals surface area contributed by atoms with Crippen LogP contribution >= 0.6 is 0 Å². The number of ether oxygens (including phenoxy) is 2. The lowest BCUT2D eigenvalue weighted by molar-refractivity contribution is -0.143. The van der Waals surface area contributed by atoms with Gasteiger partial charge in [-0.1, -0.05) is 6.08 Å². The number of halogens is 5. The number of esters is 1. The Morgan fingerprint density at radius 3 is 2.50 bits per heavy atom. The average molecular weight is 457 g/mol. The molecule has 4 nitrogen and oxygen atoms in total. The lowest BCUT2D eigenvalue weighted by Gasteiger charge is -2.20. The van der Waals surface area contributed by atoms with Crippen molar-refractivity contribution in [3.8, 4) is 16.9 Å². The summed E-state index contributed by atoms with van der Waals surface area (Å²) in [6.07, 6.45) is -3.56. The SMILES string of the molecule is C=CCCOc1cc(F)cc(C)c1-c1cc([C@@H](N)CC(=O)OCC)c(F)c(C(F)(F)F)c1. The maximum Gasteiger partial charge on any atom is 0.419 e. The number of alkyl halides is 3. The summed E-state index contributed by atoms with van der Waals surface area (Å²) in [6.45, 7) is 6.75. The Kier molecular flexibility index (Phi) is 8.38. The summed E-state index contributed by atoms with van der Waals surface area (Å²) in [6, 6.07) is 2.53. The van der Waals surface area contributed by atoms with E-state index in [1.54, 1.807) is 13.0 Å². The second-order valence-electron chi connectivity index (χ2n) is 7.06. The van der Waals surface area contributed by atoms with Gasteiger partial charge >= 0.3 is 12.1 Å². The molecule has 0 unspecified atom stereocenters. The van der Waals surface area contributed by atoms with Crippen molar-refractivity contribution in [2.45, 2.75) is 38.9 Å². The molecular weight excluding hydrogens is 433 g/mol. The van der Waals surface area contributed by atoms with Crippen LogP contribution in [0.3, 0.4) is 0 Å². The molecule has 0 amide bonds. The molecule has 0 fully saturated rings. The van der Waals surface area contributed by atoms with Crippen molar-refractivity contribution in [1.29, 1.82) is 0 Å². The van der Waals surface area contributed by atoms with E-state index < -0.39 is 47.4 Å². The molecule has 32 heavy (non-hydrogen) atoms. The van der Waals surface area contributed by atoms with Crippen molar-refractivity contribution in [2.24, 2.45) is 5.73 Å². The van der Waals surface area contributed by atoms with Gasteiger partial charge < -0.3 is 15.2 Å². The third-order valence-corrected chi connectivity index (χ3v) is 4.63. The van der Waals surface area contributed by atoms with E-state index >= 15 is 0 Å². The molecule has 0 spiro atoms. The Bertz CT molecular complexity index is 989. The summed E-state index contributed by atoms with van der Waals surface area (Å²) in [5.74, 6) is -3.00. The highest BCUT2D eigenvalue weighted by atomic mass is 19.4. The highest BCUT2D eigenvalue weighted by molar-refractivity contribution is 5.76. The van der Waals surface area contributed by atoms with E-state index in [0.29, 0.717) is 12.5 Å². The van der Waals surface area contributed by atoms with Crippen molar-refractivity contribution >= 4 is 5.97 Å². The summed E-state index contributed by atoms with van der Waals surface area (Å²) in [4.78, 5) is 11.8. The van der Waals surface area contributed by atoms with E-state index in [1.165, 1.54) is 6.92 Å². The molecule has 0 heterocycles. The standard InChI is InChI=1S/C23H24F5NO3/c1-4-6-7-32-19-11-15(24)8-13(3)21(19)14-9-16(18(29)12-20(30)31-5-2)22(25)17(10-14)23(26,27)28/h4,8-11,18H,1,5-7,12,29H2,2-3H3/t18-/m0/s1. The van der Waals surface area contributed by atoms with Crippen LogP contribution in [0.15, 0.2) is 36.9 Å². The van der Waals surface area contributed by atoms with Crippen LogP contribution in [0.5, 0.6) is 5.75 Å². The molecule has 0 aliphatic carbocycles. The topological polar surface area (TPSA) is 61.5 Å². The Hall–Kier alpha value is -2.94. The second kappa shape index (κ2) is 10.6. The van der Waals surface area contributed by atoms with Gasteiger partial charge in [-0.2, -0.15) is 13.2 Å². The predicted molar refractivity (Wildman–Crippen MR) is 110 cm³/mol. The molecule has 2 rings (SSSR count). The Labute approximate surface area is 182 Å². The lowest BCUT2D eigenvalue weighted by atomic mass is 9.92. The van der Waals surface area contributed by atoms with Crippen molar-refractivity contribution in [3.05, 3.63) is 65.2 Å². The minimum atomic E-state index is -5.03. The second-order valence-corrected chi connectivity index (χ2v) is 7.06. The van der Waals surface area contributed by atoms with Crippen LogP contribution in [-0.4, -0.2) is 19.2 Å². The maximum absolute atomic E-state index is 14.8. The molecule has 0 radical (unpaired) electrons. The van der Waals surface area contributed by atoms with E-state index in [0.717, 1.165) is 18.2 Å². The average Bonchev–Trinajstić information content (AvgIpc) is 2.67. The van der Waals surface area contributed by atoms with Gasteiger partial charge in [0.15, 0.2) is 0 Å². The minimum Gasteiger partial charge on any atom is -0.493 e. The van der Waals surface area contributed by atoms with Crippen LogP contribution in [0.4, 0.5) is 22.0 Å². The third-order valence-electron chi connectivity index (χ3n) is 4.63. The highest BCUT2D eigenvalue weighted by Crippen LogP contribution is 2.41. The van der Waals surface area contributed by atoms with Gasteiger partial charge in [0.1, 0.15) is 17.4 Å². The smallest absolute Gasteiger partial charge is 0.419 e. The molecule has 0 aromatic heterocycles. The zero-order chi connectivity index (χ0) is 24.1. The van der Waals surface area contributed by atoms with Gasteiger partial charge in [0, 0.05) is 23.2 Å². The number of hydrogen-bond donors (Lipinski definition) is 1. The number of carbonyl (C=O) groups is 1. The monoisotopic (exact) mass is 457 g/mol. The number of hydrogen-bond acceptors (Lipinski definition) is 4. The molecule has 1 atom stereocenters. The lowest BCUT2D eigenvalue weighted by Crippen LogP contribution is -2.20. The Morgan fingerprint density at radius 2 is 1.91 bits per heavy atom. The first-order valence-corrected chi connectivity index (χ1v) is 9.85. The molecule has 2 aromatic carbocycles. The highest BCUT2D eigenvalue weighted by Gasteiger charge is 2.37. The van der Waals surface area contributed by atoms with Crippen molar-refractivity contribution in [1.82, 2.24) is 0 Å². The van der Waals surface area contributed by atoms with E-state index in [9.17, 15) is 26.7 Å². The normalized spacial score (nSPS) is 12.4. The number of nitrogens with two attached hydrogens (primary N) is 1. The van der Waals surface area contributed by atoms with Crippen LogP contribution in [0.1, 0.15) is 42.5 Å². The fourth-order valence-electron chi connectivity index (χ4n) is 3.23. The zero-order valence-electron chi connectivity index (χ0n) is 17.7. The maximum atomic E-state index is 14.8. The van der Waals surface area contributed by atoms with Gasteiger partial charge in [0.2, 0.25) is 0 Å². The van der Waals surface area contributed by atoms with Crippen molar-refractivity contribution < 1.29 is 36.2 Å². The summed E-state index contributed by atoms with van der Waals surface area (Å²) < 4.78 is 79.9. The first-order valence-electron chi connectivity index (χ1n) is 9.85. The number of aryl methyl sites for hydroxylation is 1. The Morgan fingerprint density at radius 1 is 1.22 bits per heavy atom. The predicted octanol–water partition coefficient (Wildman–Crippen LogP) is 5.87. The number of carbonyl (C=O) groups excluding carboxylic acids is 1. The first-order chi connectivity index (χ1) is 15.0.